The van der Waals surface area contributed by atoms with Crippen LogP contribution in [0.4, 0.5) is 0 Å². The Labute approximate surface area is 146 Å². The first kappa shape index (κ1) is 17.0. The molecule has 1 aromatic heterocycles. The van der Waals surface area contributed by atoms with Crippen LogP contribution < -0.4 is 4.74 Å². The lowest BCUT2D eigenvalue weighted by atomic mass is 9.98. The first-order valence-electron chi connectivity index (χ1n) is 8.13. The van der Waals surface area contributed by atoms with Crippen LogP contribution in [-0.4, -0.2) is 47.1 Å². The number of hydrogen-bond donors (Lipinski definition) is 1. The van der Waals surface area contributed by atoms with Gasteiger partial charge in [0.1, 0.15) is 11.4 Å². The third-order valence-electron chi connectivity index (χ3n) is 4.60. The maximum Gasteiger partial charge on any atom is 0.337 e. The number of aryl methyl sites for hydroxylation is 1. The van der Waals surface area contributed by atoms with Crippen molar-refractivity contribution in [2.75, 3.05) is 20.2 Å². The van der Waals surface area contributed by atoms with E-state index in [-0.39, 0.29) is 23.1 Å². The number of nitrogens with zero attached hydrogens (tertiary/aromatic N) is 2. The Morgan fingerprint density at radius 3 is 2.52 bits per heavy atom. The van der Waals surface area contributed by atoms with Crippen molar-refractivity contribution in [3.05, 3.63) is 58.9 Å². The summed E-state index contributed by atoms with van der Waals surface area (Å²) in [5.41, 5.74) is 1.94. The van der Waals surface area contributed by atoms with Gasteiger partial charge in [-0.25, -0.2) is 9.78 Å². The largest absolute Gasteiger partial charge is 0.497 e. The third kappa shape index (κ3) is 3.47. The molecule has 2 aromatic rings. The monoisotopic (exact) mass is 340 g/mol. The van der Waals surface area contributed by atoms with Crippen molar-refractivity contribution in [3.8, 4) is 5.75 Å². The Morgan fingerprint density at radius 2 is 1.92 bits per heavy atom. The zero-order valence-electron chi connectivity index (χ0n) is 14.2. The molecule has 0 spiro atoms. The van der Waals surface area contributed by atoms with Crippen molar-refractivity contribution in [1.29, 1.82) is 0 Å². The maximum absolute atomic E-state index is 12.7. The average Bonchev–Trinajstić information content (AvgIpc) is 3.10. The molecule has 1 N–H and O–H groups in total. The number of hydrogen-bond acceptors (Lipinski definition) is 4. The number of carbonyl (C=O) groups excluding carboxylic acids is 1. The minimum absolute atomic E-state index is 0.120. The number of likely N-dealkylation sites (tertiary alicyclic amines) is 1. The van der Waals surface area contributed by atoms with Crippen molar-refractivity contribution >= 4 is 11.9 Å². The molecule has 1 aliphatic rings. The highest BCUT2D eigenvalue weighted by atomic mass is 16.5. The van der Waals surface area contributed by atoms with Gasteiger partial charge in [0.05, 0.1) is 18.4 Å². The van der Waals surface area contributed by atoms with E-state index < -0.39 is 5.97 Å². The Kier molecular flexibility index (Phi) is 4.70. The van der Waals surface area contributed by atoms with Crippen LogP contribution in [0.15, 0.2) is 36.4 Å². The molecule has 1 amide bonds. The molecule has 6 heteroatoms. The van der Waals surface area contributed by atoms with Crippen LogP contribution in [-0.2, 0) is 0 Å². The number of aromatic nitrogens is 1. The van der Waals surface area contributed by atoms with Crippen LogP contribution in [0, 0.1) is 6.92 Å². The number of carboxylic acids is 1. The molecule has 1 saturated heterocycles. The van der Waals surface area contributed by atoms with Gasteiger partial charge in [0.2, 0.25) is 0 Å². The molecule has 3 rings (SSSR count). The van der Waals surface area contributed by atoms with Crippen LogP contribution >= 0.6 is 0 Å². The van der Waals surface area contributed by atoms with Crippen molar-refractivity contribution in [2.24, 2.45) is 0 Å². The van der Waals surface area contributed by atoms with Gasteiger partial charge in [-0.3, -0.25) is 4.79 Å². The molecule has 6 nitrogen and oxygen atoms in total. The van der Waals surface area contributed by atoms with E-state index in [1.54, 1.807) is 18.9 Å². The Bertz CT molecular complexity index is 802. The molecule has 0 radical (unpaired) electrons. The number of pyridine rings is 1. The Hall–Kier alpha value is -2.89. The highest BCUT2D eigenvalue weighted by Gasteiger charge is 2.29. The first-order chi connectivity index (χ1) is 12.0. The van der Waals surface area contributed by atoms with E-state index in [1.807, 2.05) is 24.3 Å². The lowest BCUT2D eigenvalue weighted by molar-refractivity contribution is 0.0693. The summed E-state index contributed by atoms with van der Waals surface area (Å²) in [6.07, 6.45) is 0.893. The standard InChI is InChI=1S/C19H20N2O4/c1-12-16(19(23)24)7-8-17(20-12)18(22)21-10-9-14(11-21)13-3-5-15(25-2)6-4-13/h3-8,14H,9-11H2,1-2H3,(H,23,24). The van der Waals surface area contributed by atoms with E-state index >= 15 is 0 Å². The van der Waals surface area contributed by atoms with Gasteiger partial charge in [-0.15, -0.1) is 0 Å². The minimum Gasteiger partial charge on any atom is -0.497 e. The summed E-state index contributed by atoms with van der Waals surface area (Å²) in [5, 5.41) is 9.06. The molecule has 1 atom stereocenters. The van der Waals surface area contributed by atoms with Gasteiger partial charge in [-0.2, -0.15) is 0 Å². The predicted molar refractivity (Wildman–Crippen MR) is 92.2 cm³/mol. The average molecular weight is 340 g/mol. The number of amides is 1. The first-order valence-corrected chi connectivity index (χ1v) is 8.13. The summed E-state index contributed by atoms with van der Waals surface area (Å²) in [6, 6.07) is 10.8. The van der Waals surface area contributed by atoms with Gasteiger partial charge in [-0.05, 0) is 43.2 Å². The fraction of sp³-hybridized carbons (Fsp3) is 0.316. The van der Waals surface area contributed by atoms with Gasteiger partial charge < -0.3 is 14.7 Å². The topological polar surface area (TPSA) is 79.7 Å². The molecule has 0 aliphatic carbocycles. The number of methoxy groups -OCH3 is 1. The zero-order valence-corrected chi connectivity index (χ0v) is 14.2. The minimum atomic E-state index is -1.04. The van der Waals surface area contributed by atoms with Gasteiger partial charge in [0, 0.05) is 19.0 Å². The number of benzene rings is 1. The number of ether oxygens (including phenoxy) is 1. The summed E-state index contributed by atoms with van der Waals surface area (Å²) in [7, 11) is 1.63. The molecule has 1 fully saturated rings. The highest BCUT2D eigenvalue weighted by Crippen LogP contribution is 2.29. The molecule has 1 aliphatic heterocycles. The van der Waals surface area contributed by atoms with Crippen molar-refractivity contribution in [1.82, 2.24) is 9.88 Å². The number of rotatable bonds is 4. The number of carbonyl (C=O) groups is 2. The second-order valence-corrected chi connectivity index (χ2v) is 6.14. The smallest absolute Gasteiger partial charge is 0.337 e. The lowest BCUT2D eigenvalue weighted by Gasteiger charge is -2.17. The van der Waals surface area contributed by atoms with Gasteiger partial charge in [0.25, 0.3) is 5.91 Å². The summed E-state index contributed by atoms with van der Waals surface area (Å²) in [6.45, 7) is 2.90. The second kappa shape index (κ2) is 6.93. The summed E-state index contributed by atoms with van der Waals surface area (Å²) in [5.74, 6) is -0.0945. The van der Waals surface area contributed by atoms with Crippen LogP contribution in [0.1, 0.15) is 44.4 Å². The third-order valence-corrected chi connectivity index (χ3v) is 4.60. The van der Waals surface area contributed by atoms with Crippen LogP contribution in [0.25, 0.3) is 0 Å². The Balaban J connectivity index is 1.71. The SMILES string of the molecule is COc1ccc(C2CCN(C(=O)c3ccc(C(=O)O)c(C)n3)C2)cc1. The number of carboxylic acid groups (broad SMARTS) is 1. The number of aromatic carboxylic acids is 1. The summed E-state index contributed by atoms with van der Waals surface area (Å²) in [4.78, 5) is 29.7. The second-order valence-electron chi connectivity index (χ2n) is 6.14. The molecule has 130 valence electrons. The van der Waals surface area contributed by atoms with E-state index in [0.717, 1.165) is 12.2 Å². The summed E-state index contributed by atoms with van der Waals surface area (Å²) >= 11 is 0. The molecule has 1 aromatic carbocycles. The van der Waals surface area contributed by atoms with E-state index in [9.17, 15) is 9.59 Å². The maximum atomic E-state index is 12.7. The quantitative estimate of drug-likeness (QED) is 0.926. The van der Waals surface area contributed by atoms with E-state index in [4.69, 9.17) is 9.84 Å². The predicted octanol–water partition coefficient (Wildman–Crippen LogP) is 2.73. The lowest BCUT2D eigenvalue weighted by Crippen LogP contribution is -2.29. The molecule has 1 unspecified atom stereocenters. The fourth-order valence-electron chi connectivity index (χ4n) is 3.16. The Morgan fingerprint density at radius 1 is 1.20 bits per heavy atom. The van der Waals surface area contributed by atoms with Crippen molar-refractivity contribution in [2.45, 2.75) is 19.3 Å². The highest BCUT2D eigenvalue weighted by molar-refractivity contribution is 5.94. The van der Waals surface area contributed by atoms with Gasteiger partial charge >= 0.3 is 5.97 Å². The van der Waals surface area contributed by atoms with Crippen molar-refractivity contribution < 1.29 is 19.4 Å². The van der Waals surface area contributed by atoms with E-state index in [0.29, 0.717) is 18.8 Å². The van der Waals surface area contributed by atoms with Crippen LogP contribution in [0.3, 0.4) is 0 Å². The molecule has 25 heavy (non-hydrogen) atoms. The molecule has 2 heterocycles. The fourth-order valence-corrected chi connectivity index (χ4v) is 3.16. The van der Waals surface area contributed by atoms with Gasteiger partial charge in [0.15, 0.2) is 0 Å². The van der Waals surface area contributed by atoms with Crippen molar-refractivity contribution in [3.63, 3.8) is 0 Å². The van der Waals surface area contributed by atoms with E-state index in [1.165, 1.54) is 17.7 Å². The zero-order chi connectivity index (χ0) is 18.0. The molecule has 0 bridgehead atoms. The van der Waals surface area contributed by atoms with Crippen LogP contribution in [0.5, 0.6) is 5.75 Å². The van der Waals surface area contributed by atoms with E-state index in [2.05, 4.69) is 4.98 Å². The summed E-state index contributed by atoms with van der Waals surface area (Å²) < 4.78 is 5.17. The molecular weight excluding hydrogens is 320 g/mol. The molecule has 0 saturated carbocycles. The van der Waals surface area contributed by atoms with Crippen LogP contribution in [0.2, 0.25) is 0 Å². The van der Waals surface area contributed by atoms with Gasteiger partial charge in [-0.1, -0.05) is 12.1 Å². The molecular formula is C19H20N2O4. The normalized spacial score (nSPS) is 16.7.